The predicted molar refractivity (Wildman–Crippen MR) is 74.0 cm³/mol. The number of aryl methyl sites for hydroxylation is 2. The van der Waals surface area contributed by atoms with E-state index >= 15 is 0 Å². The lowest BCUT2D eigenvalue weighted by Gasteiger charge is -2.05. The molecule has 1 amide bonds. The van der Waals surface area contributed by atoms with Crippen LogP contribution in [0.15, 0.2) is 24.3 Å². The van der Waals surface area contributed by atoms with E-state index in [9.17, 15) is 9.59 Å². The van der Waals surface area contributed by atoms with Crippen molar-refractivity contribution in [3.05, 3.63) is 35.4 Å². The Balaban J connectivity index is 2.13. The van der Waals surface area contributed by atoms with Gasteiger partial charge in [-0.25, -0.2) is 0 Å². The molecule has 0 atom stereocenters. The van der Waals surface area contributed by atoms with E-state index in [0.717, 1.165) is 6.42 Å². The van der Waals surface area contributed by atoms with Crippen molar-refractivity contribution in [3.8, 4) is 0 Å². The minimum absolute atomic E-state index is 0.0248. The monoisotopic (exact) mass is 263 g/mol. The molecule has 0 aliphatic carbocycles. The molecule has 1 aromatic rings. The normalized spacial score (nSPS) is 10.2. The average Bonchev–Trinajstić information content (AvgIpc) is 2.35. The van der Waals surface area contributed by atoms with Gasteiger partial charge < -0.3 is 10.4 Å². The van der Waals surface area contributed by atoms with Crippen LogP contribution in [0.5, 0.6) is 0 Å². The summed E-state index contributed by atoms with van der Waals surface area (Å²) in [6.45, 7) is 2.59. The molecule has 0 fully saturated rings. The molecule has 0 aliphatic rings. The maximum absolute atomic E-state index is 11.6. The predicted octanol–water partition coefficient (Wildman–Crippen LogP) is 2.30. The fourth-order valence-electron chi connectivity index (χ4n) is 1.84. The maximum Gasteiger partial charge on any atom is 0.303 e. The second-order valence-electron chi connectivity index (χ2n) is 4.69. The molecule has 0 bridgehead atoms. The van der Waals surface area contributed by atoms with Crippen LogP contribution in [0.4, 0.5) is 0 Å². The quantitative estimate of drug-likeness (QED) is 0.707. The number of carboxylic acid groups (broad SMARTS) is 1. The highest BCUT2D eigenvalue weighted by atomic mass is 16.4. The highest BCUT2D eigenvalue weighted by Crippen LogP contribution is 2.06. The minimum atomic E-state index is -0.786. The number of rotatable bonds is 8. The zero-order chi connectivity index (χ0) is 14.1. The van der Waals surface area contributed by atoms with Gasteiger partial charge in [0.05, 0.1) is 0 Å². The summed E-state index contributed by atoms with van der Waals surface area (Å²) in [4.78, 5) is 21.9. The van der Waals surface area contributed by atoms with E-state index in [-0.39, 0.29) is 12.3 Å². The van der Waals surface area contributed by atoms with E-state index in [1.54, 1.807) is 0 Å². The highest BCUT2D eigenvalue weighted by molar-refractivity contribution is 5.76. The molecule has 104 valence electrons. The fourth-order valence-corrected chi connectivity index (χ4v) is 1.84. The lowest BCUT2D eigenvalue weighted by Crippen LogP contribution is -2.24. The van der Waals surface area contributed by atoms with E-state index in [4.69, 9.17) is 5.11 Å². The Morgan fingerprint density at radius 2 is 2.00 bits per heavy atom. The molecule has 0 saturated heterocycles. The summed E-state index contributed by atoms with van der Waals surface area (Å²) in [7, 11) is 0. The number of aliphatic carboxylic acids is 1. The van der Waals surface area contributed by atoms with Gasteiger partial charge in [-0.2, -0.15) is 0 Å². The molecule has 0 aliphatic heterocycles. The first-order chi connectivity index (χ1) is 9.08. The Bertz CT molecular complexity index is 429. The number of nitrogens with one attached hydrogen (secondary N) is 1. The molecule has 0 aromatic heterocycles. The molecule has 0 spiro atoms. The molecule has 1 aromatic carbocycles. The van der Waals surface area contributed by atoms with Crippen molar-refractivity contribution in [3.63, 3.8) is 0 Å². The molecule has 0 saturated carbocycles. The number of carboxylic acids is 1. The first kappa shape index (κ1) is 15.2. The van der Waals surface area contributed by atoms with Crippen molar-refractivity contribution in [2.24, 2.45) is 0 Å². The van der Waals surface area contributed by atoms with Gasteiger partial charge in [-0.1, -0.05) is 29.8 Å². The van der Waals surface area contributed by atoms with Gasteiger partial charge in [0.1, 0.15) is 0 Å². The van der Waals surface area contributed by atoms with Crippen molar-refractivity contribution in [2.45, 2.75) is 39.0 Å². The Kier molecular flexibility index (Phi) is 6.64. The van der Waals surface area contributed by atoms with Crippen LogP contribution in [-0.4, -0.2) is 23.5 Å². The van der Waals surface area contributed by atoms with Crippen LogP contribution in [0, 0.1) is 6.92 Å². The van der Waals surface area contributed by atoms with Crippen LogP contribution in [-0.2, 0) is 16.0 Å². The average molecular weight is 263 g/mol. The van der Waals surface area contributed by atoms with Crippen molar-refractivity contribution in [2.75, 3.05) is 6.54 Å². The number of carbonyl (C=O) groups excluding carboxylic acids is 1. The Morgan fingerprint density at radius 1 is 1.21 bits per heavy atom. The number of hydrogen-bond donors (Lipinski definition) is 2. The summed E-state index contributed by atoms with van der Waals surface area (Å²) in [5.74, 6) is -0.761. The lowest BCUT2D eigenvalue weighted by molar-refractivity contribution is -0.137. The largest absolute Gasteiger partial charge is 0.481 e. The summed E-state index contributed by atoms with van der Waals surface area (Å²) in [6, 6.07) is 8.13. The van der Waals surface area contributed by atoms with Crippen LogP contribution in [0.25, 0.3) is 0 Å². The third-order valence-corrected chi connectivity index (χ3v) is 2.86. The van der Waals surface area contributed by atoms with E-state index < -0.39 is 5.97 Å². The molecule has 0 heterocycles. The summed E-state index contributed by atoms with van der Waals surface area (Å²) in [6.07, 6.45) is 2.69. The number of hydrogen-bond acceptors (Lipinski definition) is 2. The van der Waals surface area contributed by atoms with Gasteiger partial charge in [0.25, 0.3) is 0 Å². The van der Waals surface area contributed by atoms with Gasteiger partial charge in [0.2, 0.25) is 5.91 Å². The van der Waals surface area contributed by atoms with Gasteiger partial charge in [-0.3, -0.25) is 9.59 Å². The topological polar surface area (TPSA) is 66.4 Å². The molecule has 4 heteroatoms. The van der Waals surface area contributed by atoms with Gasteiger partial charge in [-0.15, -0.1) is 0 Å². The van der Waals surface area contributed by atoms with Crippen LogP contribution in [0.2, 0.25) is 0 Å². The first-order valence-electron chi connectivity index (χ1n) is 6.62. The number of benzene rings is 1. The number of unbranched alkanes of at least 4 members (excludes halogenated alkanes) is 1. The second-order valence-corrected chi connectivity index (χ2v) is 4.69. The Hall–Kier alpha value is -1.84. The van der Waals surface area contributed by atoms with E-state index in [2.05, 4.69) is 11.4 Å². The first-order valence-corrected chi connectivity index (χ1v) is 6.62. The zero-order valence-corrected chi connectivity index (χ0v) is 11.3. The third kappa shape index (κ3) is 7.24. The van der Waals surface area contributed by atoms with Crippen LogP contribution in [0.3, 0.4) is 0 Å². The molecule has 0 radical (unpaired) electrons. The number of amides is 1. The molecule has 2 N–H and O–H groups in total. The van der Waals surface area contributed by atoms with Crippen LogP contribution < -0.4 is 5.32 Å². The molecular formula is C15H21NO3. The van der Waals surface area contributed by atoms with E-state index in [1.165, 1.54) is 11.1 Å². The third-order valence-electron chi connectivity index (χ3n) is 2.86. The van der Waals surface area contributed by atoms with E-state index in [0.29, 0.717) is 25.8 Å². The summed E-state index contributed by atoms with van der Waals surface area (Å²) < 4.78 is 0. The minimum Gasteiger partial charge on any atom is -0.481 e. The molecular weight excluding hydrogens is 242 g/mol. The SMILES string of the molecule is Cc1cccc(CCC(=O)NCCCCC(=O)O)c1. The molecule has 4 nitrogen and oxygen atoms in total. The highest BCUT2D eigenvalue weighted by Gasteiger charge is 2.02. The lowest BCUT2D eigenvalue weighted by atomic mass is 10.1. The van der Waals surface area contributed by atoms with Gasteiger partial charge in [-0.05, 0) is 31.7 Å². The molecule has 19 heavy (non-hydrogen) atoms. The van der Waals surface area contributed by atoms with Crippen LogP contribution >= 0.6 is 0 Å². The molecule has 1 rings (SSSR count). The van der Waals surface area contributed by atoms with Crippen molar-refractivity contribution >= 4 is 11.9 Å². The standard InChI is InChI=1S/C15H21NO3/c1-12-5-4-6-13(11-12)8-9-14(17)16-10-3-2-7-15(18)19/h4-6,11H,2-3,7-10H2,1H3,(H,16,17)(H,18,19). The van der Waals surface area contributed by atoms with Gasteiger partial charge in [0, 0.05) is 19.4 Å². The van der Waals surface area contributed by atoms with Gasteiger partial charge in [0.15, 0.2) is 0 Å². The summed E-state index contributed by atoms with van der Waals surface area (Å²) in [5.41, 5.74) is 2.37. The second kappa shape index (κ2) is 8.29. The van der Waals surface area contributed by atoms with Crippen LogP contribution in [0.1, 0.15) is 36.8 Å². The molecule has 0 unspecified atom stereocenters. The maximum atomic E-state index is 11.6. The summed E-state index contributed by atoms with van der Waals surface area (Å²) >= 11 is 0. The fraction of sp³-hybridized carbons (Fsp3) is 0.467. The Labute approximate surface area is 113 Å². The summed E-state index contributed by atoms with van der Waals surface area (Å²) in [5, 5.41) is 11.3. The van der Waals surface area contributed by atoms with Crippen molar-refractivity contribution in [1.29, 1.82) is 0 Å². The van der Waals surface area contributed by atoms with Crippen molar-refractivity contribution < 1.29 is 14.7 Å². The van der Waals surface area contributed by atoms with Gasteiger partial charge >= 0.3 is 5.97 Å². The smallest absolute Gasteiger partial charge is 0.303 e. The number of carbonyl (C=O) groups is 2. The zero-order valence-electron chi connectivity index (χ0n) is 11.3. The Morgan fingerprint density at radius 3 is 2.68 bits per heavy atom. The van der Waals surface area contributed by atoms with Crippen molar-refractivity contribution in [1.82, 2.24) is 5.32 Å². The van der Waals surface area contributed by atoms with E-state index in [1.807, 2.05) is 25.1 Å².